The molecule has 4 rings (SSSR count). The Labute approximate surface area is 189 Å². The minimum Gasteiger partial charge on any atom is -0.476 e. The zero-order valence-corrected chi connectivity index (χ0v) is 18.9. The molecule has 0 spiro atoms. The van der Waals surface area contributed by atoms with Crippen LogP contribution in [-0.2, 0) is 9.47 Å². The Bertz CT molecular complexity index is 910. The van der Waals surface area contributed by atoms with E-state index in [-0.39, 0.29) is 0 Å². The van der Waals surface area contributed by atoms with Gasteiger partial charge < -0.3 is 19.1 Å². The molecule has 2 saturated heterocycles. The second kappa shape index (κ2) is 11.2. The van der Waals surface area contributed by atoms with Gasteiger partial charge in [-0.2, -0.15) is 10.1 Å². The molecule has 0 radical (unpaired) electrons. The molecular weight excluding hydrogens is 408 g/mol. The molecule has 172 valence electrons. The second-order valence-corrected chi connectivity index (χ2v) is 7.98. The van der Waals surface area contributed by atoms with E-state index < -0.39 is 0 Å². The Balaban J connectivity index is 1.46. The van der Waals surface area contributed by atoms with Gasteiger partial charge in [0.15, 0.2) is 5.82 Å². The van der Waals surface area contributed by atoms with Crippen molar-refractivity contribution >= 4 is 17.2 Å². The molecule has 1 N–H and O–H groups in total. The molecule has 2 aliphatic rings. The maximum atomic E-state index is 6.04. The monoisotopic (exact) mass is 440 g/mol. The zero-order valence-electron chi connectivity index (χ0n) is 18.9. The van der Waals surface area contributed by atoms with Gasteiger partial charge in [-0.15, -0.1) is 0 Å². The maximum Gasteiger partial charge on any atom is 0.217 e. The van der Waals surface area contributed by atoms with E-state index in [4.69, 9.17) is 14.2 Å². The molecule has 2 aromatic heterocycles. The van der Waals surface area contributed by atoms with Crippen molar-refractivity contribution in [3.63, 3.8) is 0 Å². The van der Waals surface area contributed by atoms with Crippen molar-refractivity contribution in [2.24, 2.45) is 5.10 Å². The van der Waals surface area contributed by atoms with Crippen LogP contribution in [0, 0.1) is 6.92 Å². The fraction of sp³-hybridized carbons (Fsp3) is 0.522. The number of pyridine rings is 2. The number of hydrogen-bond acceptors (Lipinski definition) is 9. The van der Waals surface area contributed by atoms with Gasteiger partial charge in [0.25, 0.3) is 0 Å². The molecule has 32 heavy (non-hydrogen) atoms. The fourth-order valence-corrected chi connectivity index (χ4v) is 3.66. The SMILES string of the molecule is C/C(=N/Nc1cc(N2CCOCC2)cc(OCCN2CCOCC2)n1)c1cc(C)ccn1. The molecule has 4 heterocycles. The summed E-state index contributed by atoms with van der Waals surface area (Å²) in [5, 5.41) is 4.51. The van der Waals surface area contributed by atoms with Gasteiger partial charge in [0.2, 0.25) is 5.88 Å². The number of ether oxygens (including phenoxy) is 3. The van der Waals surface area contributed by atoms with E-state index in [0.29, 0.717) is 31.5 Å². The highest BCUT2D eigenvalue weighted by Gasteiger charge is 2.15. The first-order chi connectivity index (χ1) is 15.7. The average Bonchev–Trinajstić information content (AvgIpc) is 2.84. The highest BCUT2D eigenvalue weighted by atomic mass is 16.5. The van der Waals surface area contributed by atoms with E-state index in [9.17, 15) is 0 Å². The minimum atomic E-state index is 0.578. The Hall–Kier alpha value is -2.75. The van der Waals surface area contributed by atoms with Gasteiger partial charge in [-0.05, 0) is 31.5 Å². The van der Waals surface area contributed by atoms with Gasteiger partial charge >= 0.3 is 0 Å². The van der Waals surface area contributed by atoms with Crippen molar-refractivity contribution in [3.8, 4) is 5.88 Å². The third-order valence-electron chi connectivity index (χ3n) is 5.55. The van der Waals surface area contributed by atoms with Crippen LogP contribution in [0.25, 0.3) is 0 Å². The van der Waals surface area contributed by atoms with Crippen LogP contribution in [0.2, 0.25) is 0 Å². The van der Waals surface area contributed by atoms with Gasteiger partial charge in [-0.3, -0.25) is 15.3 Å². The maximum absolute atomic E-state index is 6.04. The lowest BCUT2D eigenvalue weighted by Gasteiger charge is -2.29. The van der Waals surface area contributed by atoms with Gasteiger partial charge in [-0.25, -0.2) is 0 Å². The molecule has 0 aromatic carbocycles. The standard InChI is InChI=1S/C23H32N6O3/c1-18-3-4-24-21(15-18)19(2)26-27-22-16-20(29-8-12-31-13-9-29)17-23(25-22)32-14-7-28-5-10-30-11-6-28/h3-4,15-17H,5-14H2,1-2H3,(H,25,27)/b26-19-. The van der Waals surface area contributed by atoms with Crippen LogP contribution >= 0.6 is 0 Å². The van der Waals surface area contributed by atoms with Crippen molar-refractivity contribution in [2.45, 2.75) is 13.8 Å². The van der Waals surface area contributed by atoms with Crippen molar-refractivity contribution < 1.29 is 14.2 Å². The van der Waals surface area contributed by atoms with Crippen molar-refractivity contribution in [1.82, 2.24) is 14.9 Å². The number of hydrogen-bond donors (Lipinski definition) is 1. The predicted molar refractivity (Wildman–Crippen MR) is 125 cm³/mol. The first-order valence-corrected chi connectivity index (χ1v) is 11.2. The normalized spacial score (nSPS) is 17.9. The third kappa shape index (κ3) is 6.38. The molecule has 0 bridgehead atoms. The van der Waals surface area contributed by atoms with Crippen LogP contribution in [0.4, 0.5) is 11.5 Å². The van der Waals surface area contributed by atoms with E-state index in [1.165, 1.54) is 0 Å². The van der Waals surface area contributed by atoms with E-state index in [2.05, 4.69) is 30.3 Å². The average molecular weight is 441 g/mol. The number of aromatic nitrogens is 2. The van der Waals surface area contributed by atoms with Crippen LogP contribution in [0.3, 0.4) is 0 Å². The molecular formula is C23H32N6O3. The van der Waals surface area contributed by atoms with Gasteiger partial charge in [0, 0.05) is 56.7 Å². The molecule has 0 unspecified atom stereocenters. The summed E-state index contributed by atoms with van der Waals surface area (Å²) < 4.78 is 17.0. The summed E-state index contributed by atoms with van der Waals surface area (Å²) in [6, 6.07) is 7.98. The van der Waals surface area contributed by atoms with E-state index >= 15 is 0 Å². The number of nitrogens with one attached hydrogen (secondary N) is 1. The van der Waals surface area contributed by atoms with Gasteiger partial charge in [-0.1, -0.05) is 0 Å². The number of rotatable bonds is 8. The number of anilines is 2. The summed E-state index contributed by atoms with van der Waals surface area (Å²) in [7, 11) is 0. The fourth-order valence-electron chi connectivity index (χ4n) is 3.66. The molecule has 2 aliphatic heterocycles. The number of hydrazone groups is 1. The van der Waals surface area contributed by atoms with Crippen molar-refractivity contribution in [2.75, 3.05) is 76.1 Å². The first kappa shape index (κ1) is 22.4. The molecule has 9 heteroatoms. The molecule has 9 nitrogen and oxygen atoms in total. The third-order valence-corrected chi connectivity index (χ3v) is 5.55. The molecule has 0 atom stereocenters. The molecule has 0 saturated carbocycles. The zero-order chi connectivity index (χ0) is 22.2. The summed E-state index contributed by atoms with van der Waals surface area (Å²) >= 11 is 0. The molecule has 0 aliphatic carbocycles. The van der Waals surface area contributed by atoms with E-state index in [0.717, 1.165) is 68.6 Å². The van der Waals surface area contributed by atoms with Gasteiger partial charge in [0.1, 0.15) is 6.61 Å². The number of aryl methyl sites for hydroxylation is 1. The van der Waals surface area contributed by atoms with Crippen LogP contribution in [0.5, 0.6) is 5.88 Å². The topological polar surface area (TPSA) is 84.3 Å². The van der Waals surface area contributed by atoms with Crippen molar-refractivity contribution in [3.05, 3.63) is 41.7 Å². The summed E-state index contributed by atoms with van der Waals surface area (Å²) in [6.07, 6.45) is 1.79. The Kier molecular flexibility index (Phi) is 7.87. The molecule has 2 aromatic rings. The lowest BCUT2D eigenvalue weighted by molar-refractivity contribution is 0.0320. The van der Waals surface area contributed by atoms with Gasteiger partial charge in [0.05, 0.1) is 37.8 Å². The lowest BCUT2D eigenvalue weighted by atomic mass is 10.2. The number of nitrogens with zero attached hydrogens (tertiary/aromatic N) is 5. The Morgan fingerprint density at radius 1 is 1.09 bits per heavy atom. The smallest absolute Gasteiger partial charge is 0.217 e. The molecule has 2 fully saturated rings. The number of morpholine rings is 2. The minimum absolute atomic E-state index is 0.578. The van der Waals surface area contributed by atoms with Crippen LogP contribution in [0.15, 0.2) is 35.6 Å². The first-order valence-electron chi connectivity index (χ1n) is 11.2. The van der Waals surface area contributed by atoms with Crippen LogP contribution in [-0.4, -0.2) is 86.3 Å². The molecule has 0 amide bonds. The largest absolute Gasteiger partial charge is 0.476 e. The Morgan fingerprint density at radius 2 is 1.84 bits per heavy atom. The Morgan fingerprint density at radius 3 is 2.59 bits per heavy atom. The summed E-state index contributed by atoms with van der Waals surface area (Å²) in [6.45, 7) is 12.0. The predicted octanol–water partition coefficient (Wildman–Crippen LogP) is 2.17. The summed E-state index contributed by atoms with van der Waals surface area (Å²) in [5.41, 5.74) is 6.92. The van der Waals surface area contributed by atoms with Crippen molar-refractivity contribution in [1.29, 1.82) is 0 Å². The summed E-state index contributed by atoms with van der Waals surface area (Å²) in [4.78, 5) is 13.7. The summed E-state index contributed by atoms with van der Waals surface area (Å²) in [5.74, 6) is 1.23. The highest BCUT2D eigenvalue weighted by Crippen LogP contribution is 2.25. The van der Waals surface area contributed by atoms with Crippen LogP contribution < -0.4 is 15.1 Å². The second-order valence-electron chi connectivity index (χ2n) is 7.98. The van der Waals surface area contributed by atoms with E-state index in [1.807, 2.05) is 38.1 Å². The lowest BCUT2D eigenvalue weighted by Crippen LogP contribution is -2.38. The quantitative estimate of drug-likeness (QED) is 0.494. The van der Waals surface area contributed by atoms with E-state index in [1.54, 1.807) is 6.20 Å². The highest BCUT2D eigenvalue weighted by molar-refractivity contribution is 5.97. The van der Waals surface area contributed by atoms with Crippen LogP contribution in [0.1, 0.15) is 18.2 Å².